The molecule has 6 heteroatoms. The fraction of sp³-hybridized carbons (Fsp3) is 0.632. The van der Waals surface area contributed by atoms with E-state index in [1.54, 1.807) is 12.1 Å². The molecule has 0 bridgehead atoms. The molecule has 1 N–H and O–H groups in total. The Morgan fingerprint density at radius 2 is 2.16 bits per heavy atom. The first kappa shape index (κ1) is 20.4. The lowest BCUT2D eigenvalue weighted by Gasteiger charge is -2.25. The fourth-order valence-electron chi connectivity index (χ4n) is 3.45. The largest absolute Gasteiger partial charge is 0.381 e. The number of hydrogen-bond acceptors (Lipinski definition) is 2. The molecule has 1 saturated carbocycles. The van der Waals surface area contributed by atoms with E-state index in [-0.39, 0.29) is 35.2 Å². The van der Waals surface area contributed by atoms with Crippen LogP contribution in [0.25, 0.3) is 0 Å². The van der Waals surface area contributed by atoms with Crippen molar-refractivity contribution in [2.75, 3.05) is 39.9 Å². The van der Waals surface area contributed by atoms with Crippen LogP contribution in [0, 0.1) is 11.7 Å². The van der Waals surface area contributed by atoms with Gasteiger partial charge >= 0.3 is 0 Å². The first-order valence-electron chi connectivity index (χ1n) is 8.97. The molecule has 1 aromatic carbocycles. The van der Waals surface area contributed by atoms with E-state index < -0.39 is 0 Å². The monoisotopic (exact) mass is 461 g/mol. The van der Waals surface area contributed by atoms with Crippen molar-refractivity contribution < 1.29 is 9.13 Å². The predicted molar refractivity (Wildman–Crippen MR) is 110 cm³/mol. The minimum Gasteiger partial charge on any atom is -0.381 e. The summed E-state index contributed by atoms with van der Waals surface area (Å²) in [5.41, 5.74) is 0.708. The van der Waals surface area contributed by atoms with Gasteiger partial charge in [-0.2, -0.15) is 0 Å². The molecule has 25 heavy (non-hydrogen) atoms. The summed E-state index contributed by atoms with van der Waals surface area (Å²) in [6, 6.07) is 7.13. The van der Waals surface area contributed by atoms with Crippen LogP contribution < -0.4 is 5.32 Å². The van der Waals surface area contributed by atoms with Crippen LogP contribution in [0.4, 0.5) is 4.39 Å². The molecular weight excluding hydrogens is 432 g/mol. The molecule has 0 aromatic heterocycles. The standard InChI is InChI=1S/C19H28FN3O.HI/c1-3-21-18(23(2)12-15-8-11-24-13-15)22-14-19(9-10-19)16-6-4-5-7-17(16)20;/h4-7,15H,3,8-14H2,1-2H3,(H,21,22);1H. The van der Waals surface area contributed by atoms with Gasteiger partial charge in [0.1, 0.15) is 5.82 Å². The quantitative estimate of drug-likeness (QED) is 0.401. The number of hydrogen-bond donors (Lipinski definition) is 1. The number of rotatable bonds is 6. The van der Waals surface area contributed by atoms with Crippen molar-refractivity contribution in [1.29, 1.82) is 0 Å². The number of ether oxygens (including phenoxy) is 1. The third-order valence-corrected chi connectivity index (χ3v) is 5.08. The summed E-state index contributed by atoms with van der Waals surface area (Å²) in [5.74, 6) is 1.37. The molecule has 0 amide bonds. The average molecular weight is 461 g/mol. The fourth-order valence-corrected chi connectivity index (χ4v) is 3.45. The zero-order valence-electron chi connectivity index (χ0n) is 15.1. The van der Waals surface area contributed by atoms with Gasteiger partial charge in [0.2, 0.25) is 0 Å². The molecule has 1 atom stereocenters. The lowest BCUT2D eigenvalue weighted by Crippen LogP contribution is -2.42. The molecule has 3 rings (SSSR count). The molecule has 4 nitrogen and oxygen atoms in total. The maximum Gasteiger partial charge on any atom is 0.193 e. The zero-order valence-corrected chi connectivity index (χ0v) is 17.5. The molecule has 140 valence electrons. The summed E-state index contributed by atoms with van der Waals surface area (Å²) >= 11 is 0. The van der Waals surface area contributed by atoms with Gasteiger partial charge in [-0.25, -0.2) is 4.39 Å². The van der Waals surface area contributed by atoms with Crippen LogP contribution in [-0.2, 0) is 10.2 Å². The highest BCUT2D eigenvalue weighted by atomic mass is 127. The van der Waals surface area contributed by atoms with Gasteiger partial charge < -0.3 is 15.0 Å². The second kappa shape index (κ2) is 9.16. The first-order valence-corrected chi connectivity index (χ1v) is 8.97. The van der Waals surface area contributed by atoms with E-state index in [0.29, 0.717) is 12.5 Å². The zero-order chi connectivity index (χ0) is 17.0. The van der Waals surface area contributed by atoms with E-state index in [4.69, 9.17) is 9.73 Å². The van der Waals surface area contributed by atoms with Gasteiger partial charge in [0, 0.05) is 38.1 Å². The van der Waals surface area contributed by atoms with E-state index in [0.717, 1.165) is 57.1 Å². The highest BCUT2D eigenvalue weighted by molar-refractivity contribution is 14.0. The van der Waals surface area contributed by atoms with Crippen LogP contribution in [-0.4, -0.2) is 50.8 Å². The molecule has 2 fully saturated rings. The van der Waals surface area contributed by atoms with Crippen molar-refractivity contribution in [1.82, 2.24) is 10.2 Å². The van der Waals surface area contributed by atoms with Crippen molar-refractivity contribution in [3.63, 3.8) is 0 Å². The Morgan fingerprint density at radius 3 is 2.76 bits per heavy atom. The Bertz CT molecular complexity index is 586. The summed E-state index contributed by atoms with van der Waals surface area (Å²) in [7, 11) is 2.07. The Hall–Kier alpha value is -0.890. The maximum absolute atomic E-state index is 14.1. The Kier molecular flexibility index (Phi) is 7.49. The Labute approximate surface area is 167 Å². The van der Waals surface area contributed by atoms with E-state index in [1.807, 2.05) is 12.1 Å². The first-order chi connectivity index (χ1) is 11.6. The van der Waals surface area contributed by atoms with Gasteiger partial charge in [-0.05, 0) is 37.8 Å². The number of nitrogens with one attached hydrogen (secondary N) is 1. The molecule has 0 radical (unpaired) electrons. The van der Waals surface area contributed by atoms with Crippen molar-refractivity contribution in [3.05, 3.63) is 35.6 Å². The van der Waals surface area contributed by atoms with Gasteiger partial charge in [-0.1, -0.05) is 18.2 Å². The maximum atomic E-state index is 14.1. The third kappa shape index (κ3) is 5.06. The van der Waals surface area contributed by atoms with Crippen LogP contribution in [0.2, 0.25) is 0 Å². The van der Waals surface area contributed by atoms with Crippen LogP contribution in [0.5, 0.6) is 0 Å². The van der Waals surface area contributed by atoms with Gasteiger partial charge in [0.25, 0.3) is 0 Å². The van der Waals surface area contributed by atoms with Gasteiger partial charge in [-0.3, -0.25) is 4.99 Å². The number of aliphatic imine (C=N–C) groups is 1. The highest BCUT2D eigenvalue weighted by Crippen LogP contribution is 2.49. The highest BCUT2D eigenvalue weighted by Gasteiger charge is 2.45. The number of benzene rings is 1. The molecule has 0 spiro atoms. The Balaban J connectivity index is 0.00000225. The minimum absolute atomic E-state index is 0. The molecule has 2 aliphatic rings. The molecule has 1 aromatic rings. The van der Waals surface area contributed by atoms with E-state index >= 15 is 0 Å². The van der Waals surface area contributed by atoms with Crippen molar-refractivity contribution in [3.8, 4) is 0 Å². The van der Waals surface area contributed by atoms with E-state index in [1.165, 1.54) is 0 Å². The number of guanidine groups is 1. The van der Waals surface area contributed by atoms with Gasteiger partial charge in [-0.15, -0.1) is 24.0 Å². The lowest BCUT2D eigenvalue weighted by atomic mass is 9.95. The lowest BCUT2D eigenvalue weighted by molar-refractivity contribution is 0.181. The SMILES string of the molecule is CCNC(=NCC1(c2ccccc2F)CC1)N(C)CC1CCOC1.I. The molecule has 1 aliphatic carbocycles. The molecule has 1 heterocycles. The van der Waals surface area contributed by atoms with Crippen molar-refractivity contribution >= 4 is 29.9 Å². The van der Waals surface area contributed by atoms with Crippen LogP contribution >= 0.6 is 24.0 Å². The van der Waals surface area contributed by atoms with Crippen molar-refractivity contribution in [2.45, 2.75) is 31.6 Å². The summed E-state index contributed by atoms with van der Waals surface area (Å²) in [6.45, 7) is 6.19. The smallest absolute Gasteiger partial charge is 0.193 e. The van der Waals surface area contributed by atoms with Crippen LogP contribution in [0.3, 0.4) is 0 Å². The van der Waals surface area contributed by atoms with E-state index in [2.05, 4.69) is 24.2 Å². The topological polar surface area (TPSA) is 36.9 Å². The van der Waals surface area contributed by atoms with Gasteiger partial charge in [0.15, 0.2) is 5.96 Å². The van der Waals surface area contributed by atoms with E-state index in [9.17, 15) is 4.39 Å². The summed E-state index contributed by atoms with van der Waals surface area (Å²) in [4.78, 5) is 7.01. The normalized spacial score (nSPS) is 21.6. The number of nitrogens with zero attached hydrogens (tertiary/aromatic N) is 2. The summed E-state index contributed by atoms with van der Waals surface area (Å²) < 4.78 is 19.6. The Morgan fingerprint density at radius 1 is 1.40 bits per heavy atom. The number of halogens is 2. The molecular formula is C19H29FIN3O. The minimum atomic E-state index is -0.108. The molecule has 1 unspecified atom stereocenters. The molecule has 1 aliphatic heterocycles. The van der Waals surface area contributed by atoms with Crippen LogP contribution in [0.15, 0.2) is 29.3 Å². The summed E-state index contributed by atoms with van der Waals surface area (Å²) in [6.07, 6.45) is 3.14. The second-order valence-corrected chi connectivity index (χ2v) is 7.04. The van der Waals surface area contributed by atoms with Crippen LogP contribution in [0.1, 0.15) is 31.7 Å². The third-order valence-electron chi connectivity index (χ3n) is 5.08. The predicted octanol–water partition coefficient (Wildman–Crippen LogP) is 3.41. The van der Waals surface area contributed by atoms with Crippen molar-refractivity contribution in [2.24, 2.45) is 10.9 Å². The average Bonchev–Trinajstić information content (AvgIpc) is 3.19. The second-order valence-electron chi connectivity index (χ2n) is 7.04. The molecule has 1 saturated heterocycles. The van der Waals surface area contributed by atoms with Gasteiger partial charge in [0.05, 0.1) is 13.2 Å². The summed E-state index contributed by atoms with van der Waals surface area (Å²) in [5, 5.41) is 3.36.